The Bertz CT molecular complexity index is 448. The summed E-state index contributed by atoms with van der Waals surface area (Å²) in [6.07, 6.45) is 0.00761. The minimum Gasteiger partial charge on any atom is -0.327 e. The first-order valence-corrected chi connectivity index (χ1v) is 4.89. The first kappa shape index (κ1) is 13.0. The molecule has 1 aromatic rings. The number of rotatable bonds is 4. The molecule has 0 spiro atoms. The summed E-state index contributed by atoms with van der Waals surface area (Å²) >= 11 is 0. The van der Waals surface area contributed by atoms with Gasteiger partial charge in [-0.1, -0.05) is 0 Å². The van der Waals surface area contributed by atoms with Gasteiger partial charge in [-0.2, -0.15) is 0 Å². The standard InChI is InChI=1S/C10H12FN3O3/c1-6(12)4-10(15)13-8-5-7(11)2-3-9(8)14(16)17/h2-3,5-6H,4,12H2,1H3,(H,13,15). The molecule has 0 radical (unpaired) electrons. The van der Waals surface area contributed by atoms with Crippen LogP contribution < -0.4 is 11.1 Å². The second-order valence-corrected chi connectivity index (χ2v) is 3.65. The SMILES string of the molecule is CC(N)CC(=O)Nc1cc(F)ccc1[N+](=O)[O-]. The number of nitrogens with two attached hydrogens (primary N) is 1. The van der Waals surface area contributed by atoms with E-state index >= 15 is 0 Å². The molecule has 0 saturated carbocycles. The maximum atomic E-state index is 12.9. The Labute approximate surface area is 96.8 Å². The number of amides is 1. The van der Waals surface area contributed by atoms with Crippen LogP contribution in [0.1, 0.15) is 13.3 Å². The van der Waals surface area contributed by atoms with E-state index in [9.17, 15) is 19.3 Å². The van der Waals surface area contributed by atoms with Crippen molar-refractivity contribution in [2.75, 3.05) is 5.32 Å². The highest BCUT2D eigenvalue weighted by Gasteiger charge is 2.17. The van der Waals surface area contributed by atoms with Gasteiger partial charge in [0, 0.05) is 24.6 Å². The number of nitro groups is 1. The molecule has 1 aromatic carbocycles. The third kappa shape index (κ3) is 3.80. The van der Waals surface area contributed by atoms with Gasteiger partial charge < -0.3 is 11.1 Å². The van der Waals surface area contributed by atoms with Gasteiger partial charge in [0.15, 0.2) is 0 Å². The number of hydrogen-bond acceptors (Lipinski definition) is 4. The number of benzene rings is 1. The predicted octanol–water partition coefficient (Wildman–Crippen LogP) is 1.41. The van der Waals surface area contributed by atoms with Crippen LogP contribution in [0.3, 0.4) is 0 Å². The second kappa shape index (κ2) is 5.35. The molecule has 1 unspecified atom stereocenters. The fourth-order valence-electron chi connectivity index (χ4n) is 1.26. The van der Waals surface area contributed by atoms with Crippen molar-refractivity contribution in [2.24, 2.45) is 5.73 Å². The summed E-state index contributed by atoms with van der Waals surface area (Å²) in [5.41, 5.74) is 4.88. The van der Waals surface area contributed by atoms with Crippen LogP contribution in [0.4, 0.5) is 15.8 Å². The molecule has 7 heteroatoms. The summed E-state index contributed by atoms with van der Waals surface area (Å²) in [4.78, 5) is 21.3. The zero-order chi connectivity index (χ0) is 13.0. The number of nitrogens with zero attached hydrogens (tertiary/aromatic N) is 1. The highest BCUT2D eigenvalue weighted by molar-refractivity contribution is 5.93. The summed E-state index contributed by atoms with van der Waals surface area (Å²) in [5.74, 6) is -1.15. The lowest BCUT2D eigenvalue weighted by Gasteiger charge is -2.07. The van der Waals surface area contributed by atoms with Crippen molar-refractivity contribution < 1.29 is 14.1 Å². The minimum atomic E-state index is -0.694. The van der Waals surface area contributed by atoms with Gasteiger partial charge in [0.2, 0.25) is 5.91 Å². The number of anilines is 1. The Morgan fingerprint density at radius 2 is 2.29 bits per heavy atom. The fraction of sp³-hybridized carbons (Fsp3) is 0.300. The molecule has 92 valence electrons. The predicted molar refractivity (Wildman–Crippen MR) is 60.0 cm³/mol. The van der Waals surface area contributed by atoms with E-state index in [2.05, 4.69) is 5.32 Å². The number of hydrogen-bond donors (Lipinski definition) is 2. The first-order chi connectivity index (χ1) is 7.90. The van der Waals surface area contributed by atoms with E-state index in [0.717, 1.165) is 18.2 Å². The zero-order valence-electron chi connectivity index (χ0n) is 9.14. The van der Waals surface area contributed by atoms with Crippen LogP contribution >= 0.6 is 0 Å². The fourth-order valence-corrected chi connectivity index (χ4v) is 1.26. The molecule has 0 aliphatic carbocycles. The number of carbonyl (C=O) groups is 1. The van der Waals surface area contributed by atoms with Crippen molar-refractivity contribution in [3.8, 4) is 0 Å². The molecule has 17 heavy (non-hydrogen) atoms. The smallest absolute Gasteiger partial charge is 0.292 e. The third-order valence-corrected chi connectivity index (χ3v) is 1.94. The second-order valence-electron chi connectivity index (χ2n) is 3.65. The molecule has 0 fully saturated rings. The zero-order valence-corrected chi connectivity index (χ0v) is 9.14. The molecule has 1 amide bonds. The largest absolute Gasteiger partial charge is 0.327 e. The average Bonchev–Trinajstić information content (AvgIpc) is 2.15. The van der Waals surface area contributed by atoms with Gasteiger partial charge >= 0.3 is 0 Å². The minimum absolute atomic E-state index is 0.00761. The van der Waals surface area contributed by atoms with Crippen LogP contribution in [0.25, 0.3) is 0 Å². The van der Waals surface area contributed by atoms with Crippen molar-refractivity contribution in [3.63, 3.8) is 0 Å². The lowest BCUT2D eigenvalue weighted by Crippen LogP contribution is -2.24. The number of nitro benzene ring substituents is 1. The number of halogens is 1. The van der Waals surface area contributed by atoms with Gasteiger partial charge in [-0.25, -0.2) is 4.39 Å². The third-order valence-electron chi connectivity index (χ3n) is 1.94. The van der Waals surface area contributed by atoms with E-state index in [1.54, 1.807) is 6.92 Å². The molecule has 0 bridgehead atoms. The van der Waals surface area contributed by atoms with Crippen molar-refractivity contribution in [1.29, 1.82) is 0 Å². The van der Waals surface area contributed by atoms with E-state index in [-0.39, 0.29) is 23.8 Å². The molecule has 1 rings (SSSR count). The summed E-state index contributed by atoms with van der Waals surface area (Å²) in [6, 6.07) is 2.48. The molecular weight excluding hydrogens is 229 g/mol. The van der Waals surface area contributed by atoms with Crippen LogP contribution in [-0.2, 0) is 4.79 Å². The summed E-state index contributed by atoms with van der Waals surface area (Å²) < 4.78 is 12.9. The monoisotopic (exact) mass is 241 g/mol. The van der Waals surface area contributed by atoms with Gasteiger partial charge in [-0.15, -0.1) is 0 Å². The Hall–Kier alpha value is -2.02. The highest BCUT2D eigenvalue weighted by Crippen LogP contribution is 2.24. The summed E-state index contributed by atoms with van der Waals surface area (Å²) in [7, 11) is 0. The molecule has 0 aromatic heterocycles. The topological polar surface area (TPSA) is 98.3 Å². The average molecular weight is 241 g/mol. The van der Waals surface area contributed by atoms with Gasteiger partial charge in [-0.05, 0) is 13.0 Å². The van der Waals surface area contributed by atoms with Crippen molar-refractivity contribution in [3.05, 3.63) is 34.1 Å². The molecule has 6 nitrogen and oxygen atoms in total. The maximum absolute atomic E-state index is 12.9. The van der Waals surface area contributed by atoms with Crippen molar-refractivity contribution >= 4 is 17.3 Å². The van der Waals surface area contributed by atoms with Crippen LogP contribution in [0.5, 0.6) is 0 Å². The van der Waals surface area contributed by atoms with E-state index in [4.69, 9.17) is 5.73 Å². The van der Waals surface area contributed by atoms with Crippen molar-refractivity contribution in [2.45, 2.75) is 19.4 Å². The molecule has 1 atom stereocenters. The Morgan fingerprint density at radius 3 is 2.82 bits per heavy atom. The van der Waals surface area contributed by atoms with Gasteiger partial charge in [0.25, 0.3) is 5.69 Å². The van der Waals surface area contributed by atoms with Crippen molar-refractivity contribution in [1.82, 2.24) is 0 Å². The van der Waals surface area contributed by atoms with E-state index < -0.39 is 16.6 Å². The maximum Gasteiger partial charge on any atom is 0.292 e. The van der Waals surface area contributed by atoms with E-state index in [1.165, 1.54) is 0 Å². The molecule has 0 saturated heterocycles. The quantitative estimate of drug-likeness (QED) is 0.615. The number of nitrogens with one attached hydrogen (secondary N) is 1. The first-order valence-electron chi connectivity index (χ1n) is 4.89. The lowest BCUT2D eigenvalue weighted by atomic mass is 10.2. The lowest BCUT2D eigenvalue weighted by molar-refractivity contribution is -0.384. The Morgan fingerprint density at radius 1 is 1.65 bits per heavy atom. The Kier molecular flexibility index (Phi) is 4.11. The van der Waals surface area contributed by atoms with Gasteiger partial charge in [0.05, 0.1) is 4.92 Å². The van der Waals surface area contributed by atoms with Gasteiger partial charge in [0.1, 0.15) is 11.5 Å². The van der Waals surface area contributed by atoms with Crippen LogP contribution in [0.2, 0.25) is 0 Å². The molecule has 0 aliphatic heterocycles. The van der Waals surface area contributed by atoms with E-state index in [0.29, 0.717) is 0 Å². The molecular formula is C10H12FN3O3. The van der Waals surface area contributed by atoms with E-state index in [1.807, 2.05) is 0 Å². The van der Waals surface area contributed by atoms with Gasteiger partial charge in [-0.3, -0.25) is 14.9 Å². The van der Waals surface area contributed by atoms with Crippen LogP contribution in [0, 0.1) is 15.9 Å². The highest BCUT2D eigenvalue weighted by atomic mass is 19.1. The molecule has 0 heterocycles. The summed E-state index contributed by atoms with van der Waals surface area (Å²) in [6.45, 7) is 1.62. The van der Waals surface area contributed by atoms with Crippen LogP contribution in [-0.4, -0.2) is 16.9 Å². The van der Waals surface area contributed by atoms with Crippen LogP contribution in [0.15, 0.2) is 18.2 Å². The summed E-state index contributed by atoms with van der Waals surface area (Å²) in [5, 5.41) is 12.9. The number of carbonyl (C=O) groups excluding carboxylic acids is 1. The molecule has 0 aliphatic rings. The normalized spacial score (nSPS) is 11.9. The molecule has 3 N–H and O–H groups in total. The Balaban J connectivity index is 2.92.